The Labute approximate surface area is 150 Å². The summed E-state index contributed by atoms with van der Waals surface area (Å²) in [5.74, 6) is -0.996. The van der Waals surface area contributed by atoms with Crippen molar-refractivity contribution in [3.8, 4) is 17.6 Å². The zero-order valence-corrected chi connectivity index (χ0v) is 14.1. The number of nitrogens with one attached hydrogen (secondary N) is 1. The second-order valence-corrected chi connectivity index (χ2v) is 5.09. The molecule has 0 unspecified atom stereocenters. The third kappa shape index (κ3) is 4.19. The lowest BCUT2D eigenvalue weighted by atomic mass is 10.1. The molecular formula is C19H16N2O5. The van der Waals surface area contributed by atoms with Crippen LogP contribution in [0.25, 0.3) is 6.08 Å². The van der Waals surface area contributed by atoms with E-state index >= 15 is 0 Å². The highest BCUT2D eigenvalue weighted by Gasteiger charge is 2.16. The summed E-state index contributed by atoms with van der Waals surface area (Å²) in [5.41, 5.74) is 0.357. The molecular weight excluding hydrogens is 336 g/mol. The van der Waals surface area contributed by atoms with Gasteiger partial charge in [-0.05, 0) is 36.4 Å². The van der Waals surface area contributed by atoms with Gasteiger partial charge < -0.3 is 19.9 Å². The molecule has 2 aromatic carbocycles. The van der Waals surface area contributed by atoms with Crippen molar-refractivity contribution in [3.63, 3.8) is 0 Å². The van der Waals surface area contributed by atoms with Crippen molar-refractivity contribution in [1.29, 1.82) is 5.26 Å². The van der Waals surface area contributed by atoms with Crippen molar-refractivity contribution in [3.05, 3.63) is 59.2 Å². The minimum atomic E-state index is -0.730. The molecule has 0 aliphatic carbocycles. The number of amides is 1. The molecule has 7 nitrogen and oxygen atoms in total. The highest BCUT2D eigenvalue weighted by atomic mass is 16.5. The fourth-order valence-electron chi connectivity index (χ4n) is 2.15. The van der Waals surface area contributed by atoms with Crippen LogP contribution in [0.5, 0.6) is 11.5 Å². The van der Waals surface area contributed by atoms with E-state index in [0.717, 1.165) is 0 Å². The summed E-state index contributed by atoms with van der Waals surface area (Å²) in [6.07, 6.45) is 1.23. The molecule has 0 saturated carbocycles. The van der Waals surface area contributed by atoms with E-state index in [-0.39, 0.29) is 28.1 Å². The van der Waals surface area contributed by atoms with Crippen molar-refractivity contribution in [2.24, 2.45) is 0 Å². The molecule has 0 aliphatic heterocycles. The van der Waals surface area contributed by atoms with Gasteiger partial charge in [-0.15, -0.1) is 0 Å². The van der Waals surface area contributed by atoms with Gasteiger partial charge in [0.15, 0.2) is 0 Å². The van der Waals surface area contributed by atoms with Crippen LogP contribution in [0.15, 0.2) is 48.0 Å². The quantitative estimate of drug-likeness (QED) is 0.486. The highest BCUT2D eigenvalue weighted by molar-refractivity contribution is 6.12. The number of anilines is 1. The maximum Gasteiger partial charge on any atom is 0.339 e. The molecule has 2 rings (SSSR count). The number of phenolic OH excluding ortho intramolecular Hbond substituents is 1. The average molecular weight is 352 g/mol. The molecule has 0 radical (unpaired) electrons. The largest absolute Gasteiger partial charge is 0.507 e. The van der Waals surface area contributed by atoms with E-state index in [1.165, 1.54) is 44.6 Å². The van der Waals surface area contributed by atoms with Gasteiger partial charge in [0.05, 0.1) is 25.5 Å². The molecule has 0 bridgehead atoms. The molecule has 132 valence electrons. The Bertz CT molecular complexity index is 912. The van der Waals surface area contributed by atoms with E-state index in [2.05, 4.69) is 10.1 Å². The van der Waals surface area contributed by atoms with Gasteiger partial charge in [-0.1, -0.05) is 12.1 Å². The molecule has 2 aromatic rings. The SMILES string of the molecule is COC(=O)c1ccccc1NC(=O)/C(C#N)=C/c1cc(OC)ccc1O. The smallest absolute Gasteiger partial charge is 0.339 e. The van der Waals surface area contributed by atoms with Crippen LogP contribution in [0.3, 0.4) is 0 Å². The molecule has 0 aromatic heterocycles. The molecule has 0 spiro atoms. The van der Waals surface area contributed by atoms with Crippen molar-refractivity contribution in [2.75, 3.05) is 19.5 Å². The number of para-hydroxylation sites is 1. The van der Waals surface area contributed by atoms with Gasteiger partial charge in [-0.2, -0.15) is 5.26 Å². The van der Waals surface area contributed by atoms with Crippen molar-refractivity contribution in [1.82, 2.24) is 0 Å². The number of methoxy groups -OCH3 is 2. The maximum atomic E-state index is 12.4. The number of phenols is 1. The fraction of sp³-hybridized carbons (Fsp3) is 0.105. The van der Waals surface area contributed by atoms with E-state index < -0.39 is 11.9 Å². The molecule has 1 amide bonds. The average Bonchev–Trinajstić information content (AvgIpc) is 2.67. The molecule has 0 aliphatic rings. The van der Waals surface area contributed by atoms with Crippen molar-refractivity contribution in [2.45, 2.75) is 0 Å². The molecule has 0 heterocycles. The van der Waals surface area contributed by atoms with E-state index in [4.69, 9.17) is 4.74 Å². The van der Waals surface area contributed by atoms with Crippen LogP contribution in [0.1, 0.15) is 15.9 Å². The normalized spacial score (nSPS) is 10.6. The number of carbonyl (C=O) groups is 2. The minimum Gasteiger partial charge on any atom is -0.507 e. The lowest BCUT2D eigenvalue weighted by Gasteiger charge is -2.09. The molecule has 0 atom stereocenters. The predicted octanol–water partition coefficient (Wildman–Crippen LogP) is 2.73. The van der Waals surface area contributed by atoms with Gasteiger partial charge in [0, 0.05) is 5.56 Å². The summed E-state index contributed by atoms with van der Waals surface area (Å²) in [6.45, 7) is 0. The van der Waals surface area contributed by atoms with Crippen LogP contribution >= 0.6 is 0 Å². The molecule has 2 N–H and O–H groups in total. The van der Waals surface area contributed by atoms with Gasteiger partial charge in [-0.3, -0.25) is 4.79 Å². The van der Waals surface area contributed by atoms with E-state index in [9.17, 15) is 20.0 Å². The minimum absolute atomic E-state index is 0.110. The number of aromatic hydroxyl groups is 1. The number of rotatable bonds is 5. The summed E-state index contributed by atoms with van der Waals surface area (Å²) < 4.78 is 9.73. The first-order valence-corrected chi connectivity index (χ1v) is 7.47. The molecule has 0 fully saturated rings. The Kier molecular flexibility index (Phi) is 5.96. The third-order valence-corrected chi connectivity index (χ3v) is 3.48. The lowest BCUT2D eigenvalue weighted by Crippen LogP contribution is -2.16. The molecule has 26 heavy (non-hydrogen) atoms. The number of carbonyl (C=O) groups excluding carboxylic acids is 2. The highest BCUT2D eigenvalue weighted by Crippen LogP contribution is 2.25. The Hall–Kier alpha value is -3.79. The first kappa shape index (κ1) is 18.5. The van der Waals surface area contributed by atoms with Gasteiger partial charge in [-0.25, -0.2) is 4.79 Å². The second kappa shape index (κ2) is 8.35. The predicted molar refractivity (Wildman–Crippen MR) is 94.7 cm³/mol. The van der Waals surface area contributed by atoms with E-state index in [1.54, 1.807) is 24.3 Å². The number of nitriles is 1. The number of benzene rings is 2. The molecule has 0 saturated heterocycles. The Morgan fingerprint density at radius 2 is 1.92 bits per heavy atom. The van der Waals surface area contributed by atoms with Gasteiger partial charge in [0.1, 0.15) is 23.1 Å². The number of esters is 1. The molecule has 7 heteroatoms. The summed E-state index contributed by atoms with van der Waals surface area (Å²) in [6, 6.07) is 12.5. The summed E-state index contributed by atoms with van der Waals surface area (Å²) >= 11 is 0. The zero-order chi connectivity index (χ0) is 19.1. The Morgan fingerprint density at radius 1 is 1.19 bits per heavy atom. The van der Waals surface area contributed by atoms with E-state index in [0.29, 0.717) is 5.75 Å². The van der Waals surface area contributed by atoms with Crippen molar-refractivity contribution >= 4 is 23.6 Å². The lowest BCUT2D eigenvalue weighted by molar-refractivity contribution is -0.112. The van der Waals surface area contributed by atoms with Crippen molar-refractivity contribution < 1.29 is 24.2 Å². The standard InChI is InChI=1S/C19H16N2O5/c1-25-14-7-8-17(22)12(10-14)9-13(11-20)18(23)21-16-6-4-3-5-15(16)19(24)26-2/h3-10,22H,1-2H3,(H,21,23)/b13-9+. The topological polar surface area (TPSA) is 109 Å². The van der Waals surface area contributed by atoms with Gasteiger partial charge in [0.2, 0.25) is 0 Å². The fourth-order valence-corrected chi connectivity index (χ4v) is 2.15. The second-order valence-electron chi connectivity index (χ2n) is 5.09. The first-order chi connectivity index (χ1) is 12.5. The summed E-state index contributed by atoms with van der Waals surface area (Å²) in [5, 5.41) is 21.7. The van der Waals surface area contributed by atoms with Crippen LogP contribution in [-0.2, 0) is 9.53 Å². The number of hydrogen-bond acceptors (Lipinski definition) is 6. The number of ether oxygens (including phenoxy) is 2. The Balaban J connectivity index is 2.34. The van der Waals surface area contributed by atoms with Gasteiger partial charge >= 0.3 is 5.97 Å². The van der Waals surface area contributed by atoms with E-state index in [1.807, 2.05) is 0 Å². The van der Waals surface area contributed by atoms with Crippen LogP contribution in [0, 0.1) is 11.3 Å². The first-order valence-electron chi connectivity index (χ1n) is 7.47. The maximum absolute atomic E-state index is 12.4. The van der Waals surface area contributed by atoms with Crippen LogP contribution in [-0.4, -0.2) is 31.2 Å². The third-order valence-electron chi connectivity index (χ3n) is 3.48. The van der Waals surface area contributed by atoms with Crippen LogP contribution in [0.2, 0.25) is 0 Å². The number of hydrogen-bond donors (Lipinski definition) is 2. The monoisotopic (exact) mass is 352 g/mol. The number of nitrogens with zero attached hydrogens (tertiary/aromatic N) is 1. The van der Waals surface area contributed by atoms with Crippen LogP contribution < -0.4 is 10.1 Å². The summed E-state index contributed by atoms with van der Waals surface area (Å²) in [7, 11) is 2.69. The van der Waals surface area contributed by atoms with Crippen LogP contribution in [0.4, 0.5) is 5.69 Å². The summed E-state index contributed by atoms with van der Waals surface area (Å²) in [4.78, 5) is 24.2. The van der Waals surface area contributed by atoms with Gasteiger partial charge in [0.25, 0.3) is 5.91 Å². The zero-order valence-electron chi connectivity index (χ0n) is 14.1. The Morgan fingerprint density at radius 3 is 2.58 bits per heavy atom.